The molecule has 2 nitrogen and oxygen atoms in total. The number of carbonyl (C=O) groups excluding carboxylic acids is 1. The molecule has 0 spiro atoms. The van der Waals surface area contributed by atoms with Gasteiger partial charge in [0, 0.05) is 11.3 Å². The fraction of sp³-hybridized carbons (Fsp3) is 0.118. The maximum atomic E-state index is 12.0. The van der Waals surface area contributed by atoms with Gasteiger partial charge in [0.1, 0.15) is 0 Å². The molecule has 0 aliphatic rings. The van der Waals surface area contributed by atoms with Crippen LogP contribution in [0.4, 0.5) is 0 Å². The molecule has 0 heterocycles. The lowest BCUT2D eigenvalue weighted by Gasteiger charge is -2.06. The molecular weight excluding hydrogens is 268 g/mol. The monoisotopic (exact) mass is 284 g/mol. The van der Waals surface area contributed by atoms with Crippen LogP contribution in [0.3, 0.4) is 0 Å². The summed E-state index contributed by atoms with van der Waals surface area (Å²) >= 11 is 1.21. The van der Waals surface area contributed by atoms with Crippen molar-refractivity contribution in [2.75, 3.05) is 5.75 Å². The van der Waals surface area contributed by atoms with Crippen LogP contribution in [-0.2, 0) is 6.42 Å². The first-order valence-corrected chi connectivity index (χ1v) is 7.36. The van der Waals surface area contributed by atoms with Crippen molar-refractivity contribution in [3.05, 3.63) is 83.6 Å². The summed E-state index contributed by atoms with van der Waals surface area (Å²) < 4.78 is 0. The zero-order valence-electron chi connectivity index (χ0n) is 11.0. The van der Waals surface area contributed by atoms with Crippen molar-refractivity contribution in [2.45, 2.75) is 6.42 Å². The molecule has 20 heavy (non-hydrogen) atoms. The summed E-state index contributed by atoms with van der Waals surface area (Å²) in [4.78, 5) is 12.0. The van der Waals surface area contributed by atoms with Gasteiger partial charge in [-0.3, -0.25) is 4.79 Å². The van der Waals surface area contributed by atoms with Crippen LogP contribution < -0.4 is 0 Å². The van der Waals surface area contributed by atoms with Crippen molar-refractivity contribution in [2.24, 2.45) is 0 Å². The summed E-state index contributed by atoms with van der Waals surface area (Å²) in [7, 11) is 0. The molecule has 0 aliphatic heterocycles. The zero-order valence-corrected chi connectivity index (χ0v) is 11.8. The molecular formula is C17H16O2S. The first-order chi connectivity index (χ1) is 9.79. The van der Waals surface area contributed by atoms with Crippen LogP contribution in [0.5, 0.6) is 0 Å². The number of hydrogen-bond donors (Lipinski definition) is 1. The van der Waals surface area contributed by atoms with Crippen molar-refractivity contribution in [1.29, 1.82) is 0 Å². The van der Waals surface area contributed by atoms with E-state index >= 15 is 0 Å². The summed E-state index contributed by atoms with van der Waals surface area (Å²) in [6.45, 7) is 0. The highest BCUT2D eigenvalue weighted by molar-refractivity contribution is 8.14. The fourth-order valence-corrected chi connectivity index (χ4v) is 2.60. The molecule has 0 saturated carbocycles. The van der Waals surface area contributed by atoms with Crippen LogP contribution in [0.15, 0.2) is 72.5 Å². The number of rotatable bonds is 5. The second kappa shape index (κ2) is 7.56. The molecule has 2 rings (SSSR count). The van der Waals surface area contributed by atoms with Gasteiger partial charge in [-0.25, -0.2) is 0 Å². The SMILES string of the molecule is O=C(SC/C(=C\O)Cc1ccccc1)c1ccccc1. The normalized spacial score (nSPS) is 11.3. The van der Waals surface area contributed by atoms with Crippen LogP contribution in [0.25, 0.3) is 0 Å². The average molecular weight is 284 g/mol. The van der Waals surface area contributed by atoms with Crippen molar-refractivity contribution < 1.29 is 9.90 Å². The molecule has 0 amide bonds. The van der Waals surface area contributed by atoms with E-state index in [-0.39, 0.29) is 5.12 Å². The van der Waals surface area contributed by atoms with E-state index in [9.17, 15) is 9.90 Å². The smallest absolute Gasteiger partial charge is 0.219 e. The molecule has 0 bridgehead atoms. The molecule has 0 radical (unpaired) electrons. The topological polar surface area (TPSA) is 37.3 Å². The molecule has 2 aromatic carbocycles. The quantitative estimate of drug-likeness (QED) is 0.834. The number of thioether (sulfide) groups is 1. The van der Waals surface area contributed by atoms with Gasteiger partial charge in [-0.2, -0.15) is 0 Å². The molecule has 0 aliphatic carbocycles. The van der Waals surface area contributed by atoms with Crippen LogP contribution >= 0.6 is 11.8 Å². The Morgan fingerprint density at radius 1 is 1.00 bits per heavy atom. The van der Waals surface area contributed by atoms with Gasteiger partial charge in [-0.1, -0.05) is 72.4 Å². The third-order valence-electron chi connectivity index (χ3n) is 2.85. The van der Waals surface area contributed by atoms with E-state index in [0.717, 1.165) is 17.4 Å². The molecule has 0 unspecified atom stereocenters. The Balaban J connectivity index is 1.90. The minimum absolute atomic E-state index is 0.0259. The lowest BCUT2D eigenvalue weighted by molar-refractivity contribution is 0.108. The van der Waals surface area contributed by atoms with Crippen molar-refractivity contribution >= 4 is 16.9 Å². The molecule has 0 fully saturated rings. The Labute approximate surface area is 123 Å². The Hall–Kier alpha value is -2.00. The van der Waals surface area contributed by atoms with Gasteiger partial charge in [0.15, 0.2) is 0 Å². The molecule has 0 saturated heterocycles. The largest absolute Gasteiger partial charge is 0.516 e. The molecule has 102 valence electrons. The maximum Gasteiger partial charge on any atom is 0.219 e. The summed E-state index contributed by atoms with van der Waals surface area (Å²) in [6.07, 6.45) is 1.77. The Morgan fingerprint density at radius 3 is 2.20 bits per heavy atom. The Bertz CT molecular complexity index is 576. The van der Waals surface area contributed by atoms with Gasteiger partial charge in [0.2, 0.25) is 5.12 Å². The number of hydrogen-bond acceptors (Lipinski definition) is 3. The number of aliphatic hydroxyl groups is 1. The lowest BCUT2D eigenvalue weighted by Crippen LogP contribution is -1.99. The van der Waals surface area contributed by atoms with Crippen molar-refractivity contribution in [3.63, 3.8) is 0 Å². The fourth-order valence-electron chi connectivity index (χ4n) is 1.81. The number of aliphatic hydroxyl groups excluding tert-OH is 1. The predicted molar refractivity (Wildman–Crippen MR) is 84.1 cm³/mol. The van der Waals surface area contributed by atoms with E-state index in [1.165, 1.54) is 11.8 Å². The number of benzene rings is 2. The molecule has 2 aromatic rings. The Kier molecular flexibility index (Phi) is 5.44. The van der Waals surface area contributed by atoms with Crippen LogP contribution in [0.2, 0.25) is 0 Å². The molecule has 0 aromatic heterocycles. The highest BCUT2D eigenvalue weighted by Gasteiger charge is 2.08. The third kappa shape index (κ3) is 4.28. The van der Waals surface area contributed by atoms with Crippen molar-refractivity contribution in [3.8, 4) is 0 Å². The van der Waals surface area contributed by atoms with E-state index in [4.69, 9.17) is 0 Å². The highest BCUT2D eigenvalue weighted by Crippen LogP contribution is 2.18. The van der Waals surface area contributed by atoms with E-state index in [2.05, 4.69) is 0 Å². The summed E-state index contributed by atoms with van der Waals surface area (Å²) in [5.74, 6) is 0.499. The van der Waals surface area contributed by atoms with Gasteiger partial charge in [0.25, 0.3) is 0 Å². The first-order valence-electron chi connectivity index (χ1n) is 6.38. The van der Waals surface area contributed by atoms with E-state index in [0.29, 0.717) is 17.7 Å². The summed E-state index contributed by atoms with van der Waals surface area (Å²) in [5.41, 5.74) is 2.65. The third-order valence-corrected chi connectivity index (χ3v) is 3.87. The van der Waals surface area contributed by atoms with Gasteiger partial charge in [-0.15, -0.1) is 0 Å². The lowest BCUT2D eigenvalue weighted by atomic mass is 10.1. The van der Waals surface area contributed by atoms with Gasteiger partial charge in [0.05, 0.1) is 6.26 Å². The van der Waals surface area contributed by atoms with Crippen molar-refractivity contribution in [1.82, 2.24) is 0 Å². The van der Waals surface area contributed by atoms with Crippen LogP contribution in [0.1, 0.15) is 15.9 Å². The molecule has 0 atom stereocenters. The van der Waals surface area contributed by atoms with Crippen LogP contribution in [-0.4, -0.2) is 16.0 Å². The maximum absolute atomic E-state index is 12.0. The number of carbonyl (C=O) groups is 1. The summed E-state index contributed by atoms with van der Waals surface area (Å²) in [6, 6.07) is 19.1. The highest BCUT2D eigenvalue weighted by atomic mass is 32.2. The average Bonchev–Trinajstić information content (AvgIpc) is 2.53. The predicted octanol–water partition coefficient (Wildman–Crippen LogP) is 4.24. The van der Waals surface area contributed by atoms with Gasteiger partial charge in [-0.05, 0) is 17.6 Å². The van der Waals surface area contributed by atoms with Gasteiger partial charge >= 0.3 is 0 Å². The minimum atomic E-state index is 0.0259. The second-order valence-electron chi connectivity index (χ2n) is 4.39. The second-order valence-corrected chi connectivity index (χ2v) is 5.34. The zero-order chi connectivity index (χ0) is 14.2. The first kappa shape index (κ1) is 14.4. The Morgan fingerprint density at radius 2 is 1.60 bits per heavy atom. The minimum Gasteiger partial charge on any atom is -0.516 e. The molecule has 1 N–H and O–H groups in total. The van der Waals surface area contributed by atoms with E-state index < -0.39 is 0 Å². The van der Waals surface area contributed by atoms with Gasteiger partial charge < -0.3 is 5.11 Å². The van der Waals surface area contributed by atoms with E-state index in [1.54, 1.807) is 12.1 Å². The van der Waals surface area contributed by atoms with Crippen LogP contribution in [0, 0.1) is 0 Å². The molecule has 3 heteroatoms. The van der Waals surface area contributed by atoms with E-state index in [1.807, 2.05) is 48.5 Å². The summed E-state index contributed by atoms with van der Waals surface area (Å²) in [5, 5.41) is 9.31. The standard InChI is InChI=1S/C17H16O2S/c18-12-15(11-14-7-3-1-4-8-14)13-20-17(19)16-9-5-2-6-10-16/h1-10,12,18H,11,13H2/b15-12-.